The summed E-state index contributed by atoms with van der Waals surface area (Å²) >= 11 is 6.59. The second-order valence-corrected chi connectivity index (χ2v) is 7.11. The first-order valence-electron chi connectivity index (χ1n) is 7.73. The van der Waals surface area contributed by atoms with Crippen LogP contribution in [-0.2, 0) is 0 Å². The summed E-state index contributed by atoms with van der Waals surface area (Å²) in [6.07, 6.45) is 12.0. The van der Waals surface area contributed by atoms with E-state index in [1.807, 2.05) is 0 Å². The van der Waals surface area contributed by atoms with Crippen LogP contribution in [0, 0.1) is 11.8 Å². The molecule has 0 spiro atoms. The number of anilines is 1. The maximum absolute atomic E-state index is 6.59. The van der Waals surface area contributed by atoms with Gasteiger partial charge < -0.3 is 4.90 Å². The number of hydrogen-bond acceptors (Lipinski definition) is 1. The number of nitrogens with zero attached hydrogens (tertiary/aromatic N) is 1. The van der Waals surface area contributed by atoms with Crippen molar-refractivity contribution in [3.63, 3.8) is 0 Å². The summed E-state index contributed by atoms with van der Waals surface area (Å²) in [5.74, 6) is 2.69. The van der Waals surface area contributed by atoms with E-state index in [4.69, 9.17) is 11.6 Å². The predicted molar refractivity (Wildman–Crippen MR) is 83.6 cm³/mol. The van der Waals surface area contributed by atoms with Crippen molar-refractivity contribution in [2.75, 3.05) is 18.0 Å². The van der Waals surface area contributed by atoms with Gasteiger partial charge in [-0.15, -0.1) is 0 Å². The van der Waals surface area contributed by atoms with Gasteiger partial charge >= 0.3 is 0 Å². The Hall–Kier alpha value is -1.21. The molecule has 2 aliphatic heterocycles. The summed E-state index contributed by atoms with van der Waals surface area (Å²) in [5.41, 5.74) is 4.40. The fourth-order valence-electron chi connectivity index (χ4n) is 4.84. The summed E-state index contributed by atoms with van der Waals surface area (Å²) in [7, 11) is 0. The van der Waals surface area contributed by atoms with E-state index in [2.05, 4.69) is 41.3 Å². The summed E-state index contributed by atoms with van der Waals surface area (Å²) < 4.78 is 0. The van der Waals surface area contributed by atoms with Gasteiger partial charge in [0.25, 0.3) is 0 Å². The lowest BCUT2D eigenvalue weighted by atomic mass is 9.75. The minimum Gasteiger partial charge on any atom is -0.370 e. The molecule has 1 aromatic carbocycles. The molecule has 102 valence electrons. The van der Waals surface area contributed by atoms with Crippen molar-refractivity contribution >= 4 is 17.3 Å². The van der Waals surface area contributed by atoms with Gasteiger partial charge in [-0.05, 0) is 36.3 Å². The Bertz CT molecular complexity index is 643. The first-order valence-corrected chi connectivity index (χ1v) is 8.11. The van der Waals surface area contributed by atoms with Crippen molar-refractivity contribution in [3.8, 4) is 0 Å². The van der Waals surface area contributed by atoms with E-state index in [9.17, 15) is 0 Å². The first-order chi connectivity index (χ1) is 9.83. The highest BCUT2D eigenvalue weighted by molar-refractivity contribution is 6.32. The molecule has 2 heteroatoms. The third kappa shape index (κ3) is 1.34. The van der Waals surface area contributed by atoms with Crippen molar-refractivity contribution in [3.05, 3.63) is 52.6 Å². The second-order valence-electron chi connectivity index (χ2n) is 6.70. The first kappa shape index (κ1) is 11.4. The highest BCUT2D eigenvalue weighted by atomic mass is 35.5. The number of halogens is 1. The molecule has 2 heterocycles. The molecule has 1 nitrogen and oxygen atoms in total. The molecule has 0 radical (unpaired) electrons. The van der Waals surface area contributed by atoms with Gasteiger partial charge in [0.15, 0.2) is 0 Å². The minimum absolute atomic E-state index is 0.552. The van der Waals surface area contributed by atoms with Crippen LogP contribution in [0.25, 0.3) is 0 Å². The van der Waals surface area contributed by atoms with E-state index in [1.165, 1.54) is 42.7 Å². The van der Waals surface area contributed by atoms with E-state index in [0.29, 0.717) is 11.8 Å². The quantitative estimate of drug-likeness (QED) is 0.634. The van der Waals surface area contributed by atoms with Gasteiger partial charge in [0.2, 0.25) is 0 Å². The van der Waals surface area contributed by atoms with Gasteiger partial charge in [-0.1, -0.05) is 42.0 Å². The fourth-order valence-corrected chi connectivity index (χ4v) is 5.11. The van der Waals surface area contributed by atoms with Gasteiger partial charge in [-0.25, -0.2) is 0 Å². The molecule has 0 unspecified atom stereocenters. The standard InChI is InChI=1S/C18H18ClN/c19-16-8-7-15-13-5-1-3-11(13)9-20-10-12-4-2-6-14(12)17(16)18(15)20/h1-2,5-8,11-14H,3-4,9-10H2/t11-,12-,13+,14-/m1/s1. The normalized spacial score (nSPS) is 36.0. The van der Waals surface area contributed by atoms with Crippen LogP contribution in [0.15, 0.2) is 36.4 Å². The number of hydrogen-bond donors (Lipinski definition) is 0. The zero-order valence-electron chi connectivity index (χ0n) is 11.4. The van der Waals surface area contributed by atoms with Crippen LogP contribution in [0.5, 0.6) is 0 Å². The Kier molecular flexibility index (Phi) is 2.24. The van der Waals surface area contributed by atoms with Gasteiger partial charge in [0.05, 0.1) is 0 Å². The molecule has 2 aliphatic carbocycles. The summed E-state index contributed by atoms with van der Waals surface area (Å²) in [6, 6.07) is 4.41. The minimum atomic E-state index is 0.552. The number of fused-ring (bicyclic) bond motifs is 4. The van der Waals surface area contributed by atoms with E-state index >= 15 is 0 Å². The maximum atomic E-state index is 6.59. The van der Waals surface area contributed by atoms with Crippen LogP contribution in [0.3, 0.4) is 0 Å². The van der Waals surface area contributed by atoms with Gasteiger partial charge in [-0.2, -0.15) is 0 Å². The Morgan fingerprint density at radius 2 is 1.65 bits per heavy atom. The van der Waals surface area contributed by atoms with E-state index in [-0.39, 0.29) is 0 Å². The second kappa shape index (κ2) is 3.92. The lowest BCUT2D eigenvalue weighted by molar-refractivity contribution is 0.410. The van der Waals surface area contributed by atoms with Crippen molar-refractivity contribution < 1.29 is 0 Å². The van der Waals surface area contributed by atoms with Gasteiger partial charge in [-0.3, -0.25) is 0 Å². The highest BCUT2D eigenvalue weighted by Crippen LogP contribution is 2.54. The smallest absolute Gasteiger partial charge is 0.0465 e. The van der Waals surface area contributed by atoms with Crippen molar-refractivity contribution in [1.82, 2.24) is 0 Å². The molecule has 1 aromatic rings. The summed E-state index contributed by atoms with van der Waals surface area (Å²) in [4.78, 5) is 2.64. The molecule has 4 aliphatic rings. The van der Waals surface area contributed by atoms with Crippen LogP contribution >= 0.6 is 11.6 Å². The van der Waals surface area contributed by atoms with E-state index in [1.54, 1.807) is 0 Å². The Morgan fingerprint density at radius 1 is 0.950 bits per heavy atom. The van der Waals surface area contributed by atoms with Gasteiger partial charge in [0, 0.05) is 41.2 Å². The monoisotopic (exact) mass is 283 g/mol. The molecule has 0 bridgehead atoms. The number of benzene rings is 1. The fraction of sp³-hybridized carbons (Fsp3) is 0.444. The molecule has 0 saturated carbocycles. The summed E-state index contributed by atoms with van der Waals surface area (Å²) in [5, 5.41) is 0.968. The molecule has 0 fully saturated rings. The van der Waals surface area contributed by atoms with Crippen LogP contribution < -0.4 is 4.90 Å². The van der Waals surface area contributed by atoms with Crippen molar-refractivity contribution in [1.29, 1.82) is 0 Å². The SMILES string of the molecule is Clc1ccc2c3c1[C@@H]1C=CC[C@@H]1CN3C[C@H]1CC=C[C@H]21. The van der Waals surface area contributed by atoms with Gasteiger partial charge in [0.1, 0.15) is 0 Å². The predicted octanol–water partition coefficient (Wildman–Crippen LogP) is 4.49. The molecular formula is C18H18ClN. The highest BCUT2D eigenvalue weighted by Gasteiger charge is 2.42. The molecular weight excluding hydrogens is 266 g/mol. The Labute approximate surface area is 124 Å². The third-order valence-electron chi connectivity index (χ3n) is 5.69. The average molecular weight is 284 g/mol. The zero-order chi connectivity index (χ0) is 13.3. The van der Waals surface area contributed by atoms with Crippen LogP contribution in [0.2, 0.25) is 5.02 Å². The van der Waals surface area contributed by atoms with E-state index in [0.717, 1.165) is 16.9 Å². The molecule has 4 atom stereocenters. The summed E-state index contributed by atoms with van der Waals surface area (Å²) in [6.45, 7) is 2.42. The topological polar surface area (TPSA) is 3.24 Å². The Balaban J connectivity index is 1.77. The Morgan fingerprint density at radius 3 is 2.45 bits per heavy atom. The maximum Gasteiger partial charge on any atom is 0.0465 e. The lowest BCUT2D eigenvalue weighted by Crippen LogP contribution is -2.43. The third-order valence-corrected chi connectivity index (χ3v) is 6.02. The molecule has 20 heavy (non-hydrogen) atoms. The van der Waals surface area contributed by atoms with Crippen LogP contribution in [0.4, 0.5) is 5.69 Å². The van der Waals surface area contributed by atoms with Crippen LogP contribution in [0.1, 0.15) is 35.8 Å². The number of allylic oxidation sites excluding steroid dienone is 4. The molecule has 0 N–H and O–H groups in total. The molecule has 0 amide bonds. The van der Waals surface area contributed by atoms with Crippen molar-refractivity contribution in [2.45, 2.75) is 24.7 Å². The number of rotatable bonds is 0. The largest absolute Gasteiger partial charge is 0.370 e. The van der Waals surface area contributed by atoms with Crippen LogP contribution in [-0.4, -0.2) is 13.1 Å². The van der Waals surface area contributed by atoms with E-state index < -0.39 is 0 Å². The molecule has 0 saturated heterocycles. The van der Waals surface area contributed by atoms with Crippen molar-refractivity contribution in [2.24, 2.45) is 11.8 Å². The lowest BCUT2D eigenvalue weighted by Gasteiger charge is -2.46. The zero-order valence-corrected chi connectivity index (χ0v) is 12.2. The molecule has 0 aromatic heterocycles. The molecule has 5 rings (SSSR count). The average Bonchev–Trinajstić information content (AvgIpc) is 3.08.